The van der Waals surface area contributed by atoms with Crippen molar-refractivity contribution in [3.05, 3.63) is 0 Å². The van der Waals surface area contributed by atoms with E-state index in [9.17, 15) is 0 Å². The fraction of sp³-hybridized carbons (Fsp3) is 1.00. The Bertz CT molecular complexity index is 205. The maximum Gasteiger partial charge on any atom is 0.0491 e. The highest BCUT2D eigenvalue weighted by Crippen LogP contribution is 2.23. The molecule has 1 unspecified atom stereocenters. The average Bonchev–Trinajstić information content (AvgIpc) is 2.27. The molecule has 0 spiro atoms. The van der Waals surface area contributed by atoms with Crippen LogP contribution in [0.15, 0.2) is 0 Å². The number of methoxy groups -OCH3 is 1. The first-order chi connectivity index (χ1) is 7.97. The molecule has 102 valence electrons. The standard InChI is InChI=1S/C14H30N2O/c1-14(2,3)13(15-4)10-16-8-6-12(7-9-16)11-17-5/h12-13,15H,6-11H2,1-5H3. The third kappa shape index (κ3) is 4.94. The molecule has 0 saturated carbocycles. The largest absolute Gasteiger partial charge is 0.384 e. The molecule has 1 N–H and O–H groups in total. The van der Waals surface area contributed by atoms with Gasteiger partial charge in [-0.15, -0.1) is 0 Å². The van der Waals surface area contributed by atoms with Crippen LogP contribution in [0.2, 0.25) is 0 Å². The quantitative estimate of drug-likeness (QED) is 0.798. The van der Waals surface area contributed by atoms with Crippen molar-refractivity contribution in [1.82, 2.24) is 10.2 Å². The van der Waals surface area contributed by atoms with Gasteiger partial charge in [-0.3, -0.25) is 0 Å². The molecule has 0 aromatic heterocycles. The lowest BCUT2D eigenvalue weighted by Gasteiger charge is -2.38. The van der Waals surface area contributed by atoms with Gasteiger partial charge < -0.3 is 15.0 Å². The van der Waals surface area contributed by atoms with Gasteiger partial charge in [0.15, 0.2) is 0 Å². The number of likely N-dealkylation sites (tertiary alicyclic amines) is 1. The van der Waals surface area contributed by atoms with Crippen molar-refractivity contribution < 1.29 is 4.74 Å². The second-order valence-electron chi connectivity index (χ2n) is 6.41. The molecule has 17 heavy (non-hydrogen) atoms. The Morgan fingerprint density at radius 3 is 2.29 bits per heavy atom. The van der Waals surface area contributed by atoms with E-state index in [1.165, 1.54) is 32.5 Å². The minimum atomic E-state index is 0.331. The summed E-state index contributed by atoms with van der Waals surface area (Å²) in [5.74, 6) is 0.777. The molecule has 1 heterocycles. The van der Waals surface area contributed by atoms with Gasteiger partial charge >= 0.3 is 0 Å². The van der Waals surface area contributed by atoms with Gasteiger partial charge in [0, 0.05) is 26.3 Å². The second-order valence-corrected chi connectivity index (χ2v) is 6.41. The van der Waals surface area contributed by atoms with Crippen molar-refractivity contribution >= 4 is 0 Å². The smallest absolute Gasteiger partial charge is 0.0491 e. The van der Waals surface area contributed by atoms with E-state index < -0.39 is 0 Å². The Balaban J connectivity index is 2.34. The molecule has 1 rings (SSSR count). The fourth-order valence-corrected chi connectivity index (χ4v) is 2.63. The first kappa shape index (κ1) is 14.9. The number of ether oxygens (including phenoxy) is 1. The van der Waals surface area contributed by atoms with E-state index in [0.717, 1.165) is 12.5 Å². The molecule has 0 aromatic carbocycles. The van der Waals surface area contributed by atoms with E-state index in [-0.39, 0.29) is 0 Å². The molecule has 0 radical (unpaired) electrons. The molecule has 1 aliphatic heterocycles. The summed E-state index contributed by atoms with van der Waals surface area (Å²) in [5, 5.41) is 3.46. The zero-order chi connectivity index (χ0) is 12.9. The maximum atomic E-state index is 5.24. The number of piperidine rings is 1. The monoisotopic (exact) mass is 242 g/mol. The van der Waals surface area contributed by atoms with Gasteiger partial charge in [0.25, 0.3) is 0 Å². The van der Waals surface area contributed by atoms with Gasteiger partial charge in [-0.1, -0.05) is 20.8 Å². The summed E-state index contributed by atoms with van der Waals surface area (Å²) in [6.07, 6.45) is 2.57. The van der Waals surface area contributed by atoms with Crippen LogP contribution in [0.25, 0.3) is 0 Å². The predicted octanol–water partition coefficient (Wildman–Crippen LogP) is 1.98. The summed E-state index contributed by atoms with van der Waals surface area (Å²) < 4.78 is 5.24. The van der Waals surface area contributed by atoms with Crippen molar-refractivity contribution in [3.8, 4) is 0 Å². The van der Waals surface area contributed by atoms with E-state index in [4.69, 9.17) is 4.74 Å². The van der Waals surface area contributed by atoms with Crippen LogP contribution in [0.1, 0.15) is 33.6 Å². The predicted molar refractivity (Wildman–Crippen MR) is 73.3 cm³/mol. The molecule has 0 amide bonds. The number of hydrogen-bond donors (Lipinski definition) is 1. The first-order valence-electron chi connectivity index (χ1n) is 6.86. The van der Waals surface area contributed by atoms with Crippen LogP contribution >= 0.6 is 0 Å². The molecule has 1 aliphatic rings. The SMILES string of the molecule is CNC(CN1CCC(COC)CC1)C(C)(C)C. The number of nitrogens with one attached hydrogen (secondary N) is 1. The molecular weight excluding hydrogens is 212 g/mol. The minimum Gasteiger partial charge on any atom is -0.384 e. The molecule has 3 nitrogen and oxygen atoms in total. The zero-order valence-electron chi connectivity index (χ0n) is 12.3. The van der Waals surface area contributed by atoms with Crippen molar-refractivity contribution in [3.63, 3.8) is 0 Å². The van der Waals surface area contributed by atoms with Crippen molar-refractivity contribution in [2.45, 2.75) is 39.7 Å². The lowest BCUT2D eigenvalue weighted by atomic mass is 9.86. The van der Waals surface area contributed by atoms with Crippen molar-refractivity contribution in [2.75, 3.05) is 40.4 Å². The Morgan fingerprint density at radius 2 is 1.88 bits per heavy atom. The highest BCUT2D eigenvalue weighted by molar-refractivity contribution is 4.84. The van der Waals surface area contributed by atoms with Gasteiger partial charge in [0.1, 0.15) is 0 Å². The summed E-state index contributed by atoms with van der Waals surface area (Å²) in [5.41, 5.74) is 0.331. The zero-order valence-corrected chi connectivity index (χ0v) is 12.3. The van der Waals surface area contributed by atoms with Crippen molar-refractivity contribution in [2.24, 2.45) is 11.3 Å². The van der Waals surface area contributed by atoms with Gasteiger partial charge in [-0.05, 0) is 44.3 Å². The van der Waals surface area contributed by atoms with Crippen LogP contribution in [0.4, 0.5) is 0 Å². The van der Waals surface area contributed by atoms with Crippen molar-refractivity contribution in [1.29, 1.82) is 0 Å². The summed E-state index contributed by atoms with van der Waals surface area (Å²) >= 11 is 0. The van der Waals surface area contributed by atoms with Gasteiger partial charge in [0.2, 0.25) is 0 Å². The highest BCUT2D eigenvalue weighted by atomic mass is 16.5. The normalized spacial score (nSPS) is 21.7. The number of nitrogens with zero attached hydrogens (tertiary/aromatic N) is 1. The van der Waals surface area contributed by atoms with E-state index in [1.54, 1.807) is 0 Å². The third-order valence-corrected chi connectivity index (χ3v) is 3.94. The fourth-order valence-electron chi connectivity index (χ4n) is 2.63. The molecule has 1 atom stereocenters. The highest BCUT2D eigenvalue weighted by Gasteiger charge is 2.27. The molecule has 0 aliphatic carbocycles. The van der Waals surface area contributed by atoms with Gasteiger partial charge in [-0.25, -0.2) is 0 Å². The van der Waals surface area contributed by atoms with Crippen LogP contribution < -0.4 is 5.32 Å². The Kier molecular flexibility index (Phi) is 5.90. The third-order valence-electron chi connectivity index (χ3n) is 3.94. The molecule has 0 bridgehead atoms. The summed E-state index contributed by atoms with van der Waals surface area (Å²) in [6.45, 7) is 11.5. The van der Waals surface area contributed by atoms with Crippen LogP contribution in [0.5, 0.6) is 0 Å². The Hall–Kier alpha value is -0.120. The maximum absolute atomic E-state index is 5.24. The minimum absolute atomic E-state index is 0.331. The van der Waals surface area contributed by atoms with Crippen LogP contribution in [0, 0.1) is 11.3 Å². The van der Waals surface area contributed by atoms with E-state index >= 15 is 0 Å². The topological polar surface area (TPSA) is 24.5 Å². The molecule has 0 aromatic rings. The number of hydrogen-bond acceptors (Lipinski definition) is 3. The summed E-state index contributed by atoms with van der Waals surface area (Å²) in [4.78, 5) is 2.60. The van der Waals surface area contributed by atoms with E-state index in [1.807, 2.05) is 7.11 Å². The van der Waals surface area contributed by atoms with Gasteiger partial charge in [0.05, 0.1) is 0 Å². The van der Waals surface area contributed by atoms with Crippen LogP contribution in [-0.2, 0) is 4.74 Å². The molecule has 1 saturated heterocycles. The lowest BCUT2D eigenvalue weighted by Crippen LogP contribution is -2.49. The molecule has 3 heteroatoms. The second kappa shape index (κ2) is 6.72. The number of rotatable bonds is 5. The van der Waals surface area contributed by atoms with Crippen LogP contribution in [-0.4, -0.2) is 51.3 Å². The lowest BCUT2D eigenvalue weighted by molar-refractivity contribution is 0.0864. The summed E-state index contributed by atoms with van der Waals surface area (Å²) in [7, 11) is 3.89. The first-order valence-corrected chi connectivity index (χ1v) is 6.86. The Morgan fingerprint density at radius 1 is 1.29 bits per heavy atom. The summed E-state index contributed by atoms with van der Waals surface area (Å²) in [6, 6.07) is 0.571. The number of likely N-dealkylation sites (N-methyl/N-ethyl adjacent to an activating group) is 1. The average molecular weight is 242 g/mol. The van der Waals surface area contributed by atoms with Gasteiger partial charge in [-0.2, -0.15) is 0 Å². The molecular formula is C14H30N2O. The van der Waals surface area contributed by atoms with E-state index in [2.05, 4.69) is 38.0 Å². The Labute approximate surface area is 107 Å². The van der Waals surface area contributed by atoms with E-state index in [0.29, 0.717) is 11.5 Å². The van der Waals surface area contributed by atoms with Crippen LogP contribution in [0.3, 0.4) is 0 Å². The molecule has 1 fully saturated rings.